The molecule has 0 aliphatic carbocycles. The summed E-state index contributed by atoms with van der Waals surface area (Å²) in [6.07, 6.45) is -0.678. The van der Waals surface area contributed by atoms with Gasteiger partial charge in [0.25, 0.3) is 0 Å². The van der Waals surface area contributed by atoms with E-state index in [0.717, 1.165) is 36.2 Å². The molecule has 0 aliphatic heterocycles. The predicted octanol–water partition coefficient (Wildman–Crippen LogP) is 5.56. The van der Waals surface area contributed by atoms with Crippen LogP contribution in [-0.4, -0.2) is 5.11 Å². The van der Waals surface area contributed by atoms with Gasteiger partial charge in [-0.2, -0.15) is 0 Å². The van der Waals surface area contributed by atoms with E-state index >= 15 is 0 Å². The third-order valence-corrected chi connectivity index (χ3v) is 4.72. The lowest BCUT2D eigenvalue weighted by molar-refractivity contribution is 0.218. The number of hydrogen-bond acceptors (Lipinski definition) is 1. The second-order valence-electron chi connectivity index (χ2n) is 4.53. The van der Waals surface area contributed by atoms with Crippen molar-refractivity contribution in [2.75, 3.05) is 0 Å². The standard InChI is InChI=1S/C15H13Br2ClO/c1-8-6-14(18)9(2)5-11(8)15(19)12-7-10(16)3-4-13(12)17/h3-7,15,19H,1-2H3. The molecular weight excluding hydrogens is 391 g/mol. The molecule has 19 heavy (non-hydrogen) atoms. The minimum Gasteiger partial charge on any atom is -0.384 e. The molecule has 0 aromatic heterocycles. The van der Waals surface area contributed by atoms with Crippen LogP contribution in [0.4, 0.5) is 0 Å². The van der Waals surface area contributed by atoms with Crippen LogP contribution in [0.5, 0.6) is 0 Å². The Labute approximate surface area is 134 Å². The van der Waals surface area contributed by atoms with Crippen molar-refractivity contribution < 1.29 is 5.11 Å². The Bertz CT molecular complexity index is 626. The first-order chi connectivity index (χ1) is 8.90. The maximum absolute atomic E-state index is 10.6. The summed E-state index contributed by atoms with van der Waals surface area (Å²) < 4.78 is 1.82. The van der Waals surface area contributed by atoms with Gasteiger partial charge in [0, 0.05) is 19.5 Å². The molecule has 0 aliphatic rings. The smallest absolute Gasteiger partial charge is 0.105 e. The molecule has 0 amide bonds. The van der Waals surface area contributed by atoms with Crippen molar-refractivity contribution in [3.05, 3.63) is 66.6 Å². The lowest BCUT2D eigenvalue weighted by Gasteiger charge is -2.17. The number of aryl methyl sites for hydroxylation is 2. The van der Waals surface area contributed by atoms with Gasteiger partial charge >= 0.3 is 0 Å². The van der Waals surface area contributed by atoms with Gasteiger partial charge in [-0.1, -0.05) is 49.5 Å². The van der Waals surface area contributed by atoms with Gasteiger partial charge in [-0.15, -0.1) is 0 Å². The molecule has 0 heterocycles. The summed E-state index contributed by atoms with van der Waals surface area (Å²) in [6.45, 7) is 3.89. The largest absolute Gasteiger partial charge is 0.384 e. The van der Waals surface area contributed by atoms with Crippen molar-refractivity contribution in [3.8, 4) is 0 Å². The number of halogens is 3. The predicted molar refractivity (Wildman–Crippen MR) is 86.8 cm³/mol. The molecule has 0 spiro atoms. The summed E-state index contributed by atoms with van der Waals surface area (Å²) >= 11 is 13.0. The Morgan fingerprint density at radius 1 is 1.00 bits per heavy atom. The van der Waals surface area contributed by atoms with Gasteiger partial charge in [0.1, 0.15) is 6.10 Å². The molecule has 0 saturated heterocycles. The maximum Gasteiger partial charge on any atom is 0.105 e. The molecule has 1 atom stereocenters. The van der Waals surface area contributed by atoms with Crippen LogP contribution in [0, 0.1) is 13.8 Å². The van der Waals surface area contributed by atoms with Gasteiger partial charge in [0.15, 0.2) is 0 Å². The zero-order chi connectivity index (χ0) is 14.2. The first kappa shape index (κ1) is 15.0. The number of hydrogen-bond donors (Lipinski definition) is 1. The fourth-order valence-corrected chi connectivity index (χ4v) is 3.05. The molecule has 2 aromatic carbocycles. The molecular formula is C15H13Br2ClO. The number of aliphatic hydroxyl groups is 1. The second kappa shape index (κ2) is 5.96. The normalized spacial score (nSPS) is 12.5. The number of aliphatic hydroxyl groups excluding tert-OH is 1. The summed E-state index contributed by atoms with van der Waals surface area (Å²) in [5.74, 6) is 0. The lowest BCUT2D eigenvalue weighted by atomic mass is 9.96. The molecule has 2 aromatic rings. The van der Waals surface area contributed by atoms with E-state index in [1.807, 2.05) is 44.2 Å². The summed E-state index contributed by atoms with van der Waals surface area (Å²) in [5.41, 5.74) is 3.65. The van der Waals surface area contributed by atoms with Crippen LogP contribution in [0.3, 0.4) is 0 Å². The molecule has 0 saturated carbocycles. The maximum atomic E-state index is 10.6. The summed E-state index contributed by atoms with van der Waals surface area (Å²) in [4.78, 5) is 0. The highest BCUT2D eigenvalue weighted by molar-refractivity contribution is 9.11. The van der Waals surface area contributed by atoms with Crippen LogP contribution in [0.25, 0.3) is 0 Å². The van der Waals surface area contributed by atoms with Gasteiger partial charge in [0.05, 0.1) is 0 Å². The van der Waals surface area contributed by atoms with Crippen LogP contribution in [0.1, 0.15) is 28.4 Å². The van der Waals surface area contributed by atoms with E-state index in [9.17, 15) is 5.11 Å². The highest BCUT2D eigenvalue weighted by Crippen LogP contribution is 2.34. The third-order valence-electron chi connectivity index (χ3n) is 3.09. The van der Waals surface area contributed by atoms with Crippen LogP contribution in [0.2, 0.25) is 5.02 Å². The van der Waals surface area contributed by atoms with E-state index in [4.69, 9.17) is 11.6 Å². The molecule has 1 unspecified atom stereocenters. The Hall–Kier alpha value is -0.350. The molecule has 100 valence electrons. The quantitative estimate of drug-likeness (QED) is 0.694. The van der Waals surface area contributed by atoms with Crippen LogP contribution < -0.4 is 0 Å². The summed E-state index contributed by atoms with van der Waals surface area (Å²) in [7, 11) is 0. The number of benzene rings is 2. The topological polar surface area (TPSA) is 20.2 Å². The van der Waals surface area contributed by atoms with E-state index in [1.54, 1.807) is 0 Å². The average molecular weight is 405 g/mol. The van der Waals surface area contributed by atoms with E-state index in [0.29, 0.717) is 0 Å². The van der Waals surface area contributed by atoms with Crippen molar-refractivity contribution in [1.82, 2.24) is 0 Å². The molecule has 4 heteroatoms. The van der Waals surface area contributed by atoms with E-state index in [-0.39, 0.29) is 0 Å². The molecule has 0 radical (unpaired) electrons. The third kappa shape index (κ3) is 3.22. The van der Waals surface area contributed by atoms with Crippen molar-refractivity contribution >= 4 is 43.5 Å². The van der Waals surface area contributed by atoms with Gasteiger partial charge in [-0.3, -0.25) is 0 Å². The lowest BCUT2D eigenvalue weighted by Crippen LogP contribution is -2.04. The minimum atomic E-state index is -0.678. The fourth-order valence-electron chi connectivity index (χ4n) is 1.99. The monoisotopic (exact) mass is 402 g/mol. The molecule has 0 bridgehead atoms. The van der Waals surface area contributed by atoms with E-state index in [1.165, 1.54) is 0 Å². The molecule has 0 fully saturated rings. The second-order valence-corrected chi connectivity index (χ2v) is 6.70. The highest BCUT2D eigenvalue weighted by atomic mass is 79.9. The highest BCUT2D eigenvalue weighted by Gasteiger charge is 2.17. The zero-order valence-corrected chi connectivity index (χ0v) is 14.5. The van der Waals surface area contributed by atoms with Crippen molar-refractivity contribution in [1.29, 1.82) is 0 Å². The van der Waals surface area contributed by atoms with Crippen LogP contribution in [0.15, 0.2) is 39.3 Å². The Morgan fingerprint density at radius 3 is 2.37 bits per heavy atom. The Balaban J connectivity index is 2.52. The molecule has 1 nitrogen and oxygen atoms in total. The molecule has 1 N–H and O–H groups in total. The fraction of sp³-hybridized carbons (Fsp3) is 0.200. The van der Waals surface area contributed by atoms with Crippen molar-refractivity contribution in [2.24, 2.45) is 0 Å². The van der Waals surface area contributed by atoms with Crippen molar-refractivity contribution in [3.63, 3.8) is 0 Å². The first-order valence-electron chi connectivity index (χ1n) is 5.80. The Morgan fingerprint density at radius 2 is 1.68 bits per heavy atom. The van der Waals surface area contributed by atoms with Gasteiger partial charge in [-0.25, -0.2) is 0 Å². The SMILES string of the molecule is Cc1cc(C(O)c2cc(Br)ccc2Br)c(C)cc1Cl. The first-order valence-corrected chi connectivity index (χ1v) is 7.76. The summed E-state index contributed by atoms with van der Waals surface area (Å²) in [5, 5.41) is 11.3. The van der Waals surface area contributed by atoms with Gasteiger partial charge in [0.2, 0.25) is 0 Å². The van der Waals surface area contributed by atoms with E-state index in [2.05, 4.69) is 31.9 Å². The van der Waals surface area contributed by atoms with Gasteiger partial charge in [-0.05, 0) is 54.8 Å². The van der Waals surface area contributed by atoms with Crippen molar-refractivity contribution in [2.45, 2.75) is 20.0 Å². The van der Waals surface area contributed by atoms with Gasteiger partial charge < -0.3 is 5.11 Å². The minimum absolute atomic E-state index is 0.678. The molecule has 2 rings (SSSR count). The van der Waals surface area contributed by atoms with E-state index < -0.39 is 6.10 Å². The van der Waals surface area contributed by atoms with Crippen LogP contribution >= 0.6 is 43.5 Å². The Kier molecular flexibility index (Phi) is 4.72. The zero-order valence-electron chi connectivity index (χ0n) is 10.5. The number of rotatable bonds is 2. The average Bonchev–Trinajstić information content (AvgIpc) is 2.36. The summed E-state index contributed by atoms with van der Waals surface area (Å²) in [6, 6.07) is 9.59. The van der Waals surface area contributed by atoms with Crippen LogP contribution in [-0.2, 0) is 0 Å².